The Morgan fingerprint density at radius 1 is 1.53 bits per heavy atom. The third kappa shape index (κ3) is 7.03. The normalized spacial score (nSPS) is 10.8. The number of carbonyl (C=O) groups is 2. The van der Waals surface area contributed by atoms with Gasteiger partial charge in [0.25, 0.3) is 0 Å². The molecule has 0 saturated heterocycles. The van der Waals surface area contributed by atoms with Gasteiger partial charge in [-0.2, -0.15) is 0 Å². The number of rotatable bonds is 3. The predicted octanol–water partition coefficient (Wildman–Crippen LogP) is 1.99. The maximum absolute atomic E-state index is 11.7. The van der Waals surface area contributed by atoms with Crippen molar-refractivity contribution in [3.63, 3.8) is 0 Å². The summed E-state index contributed by atoms with van der Waals surface area (Å²) in [5.74, 6) is 0. The molecule has 0 bridgehead atoms. The van der Waals surface area contributed by atoms with Crippen LogP contribution in [0.15, 0.2) is 5.16 Å². The maximum Gasteiger partial charge on any atom is 0.447 e. The third-order valence-electron chi connectivity index (χ3n) is 1.07. The van der Waals surface area contributed by atoms with E-state index < -0.39 is 12.3 Å². The van der Waals surface area contributed by atoms with Crippen LogP contribution in [0, 0.1) is 0 Å². The smallest absolute Gasteiger partial charge is 0.296 e. The molecule has 0 aromatic heterocycles. The summed E-state index contributed by atoms with van der Waals surface area (Å²) in [7, 11) is 1.30. The summed E-state index contributed by atoms with van der Waals surface area (Å²) in [6.07, 6.45) is -0.792. The van der Waals surface area contributed by atoms with Crippen molar-refractivity contribution < 1.29 is 18.8 Å². The van der Waals surface area contributed by atoms with Crippen molar-refractivity contribution in [3.05, 3.63) is 0 Å². The molecule has 0 unspecified atom stereocenters. The Hall–Kier alpha value is -0.960. The molecule has 0 fully saturated rings. The summed E-state index contributed by atoms with van der Waals surface area (Å²) in [5, 5.41) is 4.03. The van der Waals surface area contributed by atoms with E-state index in [0.717, 1.165) is 4.31 Å². The highest BCUT2D eigenvalue weighted by Crippen LogP contribution is 2.06. The molecule has 2 amide bonds. The van der Waals surface area contributed by atoms with E-state index >= 15 is 0 Å². The molecule has 0 aliphatic carbocycles. The number of thioether (sulfide) groups is 1. The molecule has 0 heterocycles. The fraction of sp³-hybridized carbons (Fsp3) is 0.500. The van der Waals surface area contributed by atoms with E-state index in [1.165, 1.54) is 18.8 Å². The molecule has 0 aromatic carbocycles. The molecular formula is C6H10FN3O3S2. The van der Waals surface area contributed by atoms with Crippen molar-refractivity contribution in [2.24, 2.45) is 5.16 Å². The summed E-state index contributed by atoms with van der Waals surface area (Å²) in [4.78, 5) is 25.4. The third-order valence-corrected chi connectivity index (χ3v) is 2.41. The standard InChI is InChI=1S/C6H10FN3O3S2/c1-4(14-3)8-13-6(12)10(2)15-9-5(7)11/h1-3H3,(H,9,11). The first-order valence-corrected chi connectivity index (χ1v) is 5.63. The van der Waals surface area contributed by atoms with Gasteiger partial charge in [0.15, 0.2) is 0 Å². The Balaban J connectivity index is 3.94. The zero-order chi connectivity index (χ0) is 11.8. The maximum atomic E-state index is 11.7. The first-order chi connectivity index (χ1) is 6.97. The number of amides is 2. The predicted molar refractivity (Wildman–Crippen MR) is 58.1 cm³/mol. The highest BCUT2D eigenvalue weighted by atomic mass is 32.2. The molecule has 6 nitrogen and oxygen atoms in total. The second-order valence-corrected chi connectivity index (χ2v) is 4.07. The molecule has 0 radical (unpaired) electrons. The molecule has 0 aromatic rings. The van der Waals surface area contributed by atoms with Crippen LogP contribution in [-0.2, 0) is 4.84 Å². The monoisotopic (exact) mass is 255 g/mol. The van der Waals surface area contributed by atoms with Gasteiger partial charge in [0.2, 0.25) is 0 Å². The fourth-order valence-corrected chi connectivity index (χ4v) is 0.768. The molecule has 0 aliphatic heterocycles. The second kappa shape index (κ2) is 7.35. The quantitative estimate of drug-likeness (QED) is 0.159. The van der Waals surface area contributed by atoms with Gasteiger partial charge in [0.05, 0.1) is 12.1 Å². The molecule has 9 heteroatoms. The lowest BCUT2D eigenvalue weighted by Crippen LogP contribution is -2.24. The van der Waals surface area contributed by atoms with Crippen LogP contribution >= 0.6 is 23.9 Å². The fourth-order valence-electron chi connectivity index (χ4n) is 0.340. The number of halogens is 1. The lowest BCUT2D eigenvalue weighted by Gasteiger charge is -2.11. The van der Waals surface area contributed by atoms with Gasteiger partial charge >= 0.3 is 12.3 Å². The van der Waals surface area contributed by atoms with E-state index in [1.807, 2.05) is 0 Å². The molecule has 0 saturated carbocycles. The zero-order valence-corrected chi connectivity index (χ0v) is 9.95. The highest BCUT2D eigenvalue weighted by Gasteiger charge is 2.12. The van der Waals surface area contributed by atoms with Crippen LogP contribution in [0.1, 0.15) is 6.92 Å². The lowest BCUT2D eigenvalue weighted by molar-refractivity contribution is 0.137. The van der Waals surface area contributed by atoms with E-state index in [1.54, 1.807) is 17.9 Å². The minimum Gasteiger partial charge on any atom is -0.296 e. The molecule has 15 heavy (non-hydrogen) atoms. The Labute approximate surface area is 94.8 Å². The Morgan fingerprint density at radius 3 is 2.60 bits per heavy atom. The molecule has 0 atom stereocenters. The molecule has 1 N–H and O–H groups in total. The van der Waals surface area contributed by atoms with Gasteiger partial charge in [-0.05, 0) is 13.2 Å². The minimum atomic E-state index is -1.75. The number of oxime groups is 1. The lowest BCUT2D eigenvalue weighted by atomic mass is 10.9. The largest absolute Gasteiger partial charge is 0.447 e. The van der Waals surface area contributed by atoms with Crippen molar-refractivity contribution in [1.82, 2.24) is 9.03 Å². The van der Waals surface area contributed by atoms with E-state index in [0.29, 0.717) is 17.2 Å². The average molecular weight is 255 g/mol. The number of hydrogen-bond acceptors (Lipinski definition) is 6. The van der Waals surface area contributed by atoms with E-state index in [-0.39, 0.29) is 0 Å². The average Bonchev–Trinajstić information content (AvgIpc) is 2.21. The van der Waals surface area contributed by atoms with Crippen LogP contribution in [-0.4, -0.2) is 34.9 Å². The van der Waals surface area contributed by atoms with Crippen molar-refractivity contribution in [1.29, 1.82) is 0 Å². The van der Waals surface area contributed by atoms with Crippen LogP contribution < -0.4 is 4.72 Å². The van der Waals surface area contributed by atoms with Crippen LogP contribution in [0.5, 0.6) is 0 Å². The molecule has 86 valence electrons. The molecule has 0 rings (SSSR count). The Kier molecular flexibility index (Phi) is 6.88. The van der Waals surface area contributed by atoms with Gasteiger partial charge in [-0.1, -0.05) is 5.16 Å². The first kappa shape index (κ1) is 14.0. The summed E-state index contributed by atoms with van der Waals surface area (Å²) in [5.41, 5.74) is 0. The van der Waals surface area contributed by atoms with Crippen LogP contribution in [0.3, 0.4) is 0 Å². The van der Waals surface area contributed by atoms with Gasteiger partial charge in [-0.25, -0.2) is 13.9 Å². The molecular weight excluding hydrogens is 245 g/mol. The van der Waals surface area contributed by atoms with Gasteiger partial charge < -0.3 is 0 Å². The molecule has 0 spiro atoms. The van der Waals surface area contributed by atoms with Gasteiger partial charge in [-0.15, -0.1) is 16.2 Å². The number of nitrogens with zero attached hydrogens (tertiary/aromatic N) is 2. The van der Waals surface area contributed by atoms with E-state index in [2.05, 4.69) is 9.99 Å². The molecule has 0 aliphatic rings. The van der Waals surface area contributed by atoms with Crippen LogP contribution in [0.2, 0.25) is 0 Å². The van der Waals surface area contributed by atoms with Gasteiger partial charge in [0.1, 0.15) is 5.04 Å². The number of nitrogens with one attached hydrogen (secondary N) is 1. The Morgan fingerprint density at radius 2 is 2.13 bits per heavy atom. The second-order valence-electron chi connectivity index (χ2n) is 2.14. The van der Waals surface area contributed by atoms with Crippen molar-refractivity contribution in [2.45, 2.75) is 6.92 Å². The van der Waals surface area contributed by atoms with Gasteiger partial charge in [-0.3, -0.25) is 9.56 Å². The van der Waals surface area contributed by atoms with Crippen molar-refractivity contribution >= 4 is 41.2 Å². The summed E-state index contributed by atoms with van der Waals surface area (Å²) in [6, 6.07) is 0. The zero-order valence-electron chi connectivity index (χ0n) is 8.31. The summed E-state index contributed by atoms with van der Waals surface area (Å²) >= 11 is 1.77. The Bertz CT molecular complexity index is 274. The van der Waals surface area contributed by atoms with Gasteiger partial charge in [0, 0.05) is 7.05 Å². The first-order valence-electron chi connectivity index (χ1n) is 3.63. The van der Waals surface area contributed by atoms with Crippen LogP contribution in [0.4, 0.5) is 14.0 Å². The summed E-state index contributed by atoms with van der Waals surface area (Å²) < 4.78 is 14.3. The van der Waals surface area contributed by atoms with E-state index in [4.69, 9.17) is 0 Å². The SMILES string of the molecule is CSC(C)=NOC(=O)N(C)SNC(=O)F. The summed E-state index contributed by atoms with van der Waals surface area (Å²) in [6.45, 7) is 1.66. The topological polar surface area (TPSA) is 71.0 Å². The van der Waals surface area contributed by atoms with Crippen molar-refractivity contribution in [2.75, 3.05) is 13.3 Å². The number of hydrogen-bond donors (Lipinski definition) is 1. The van der Waals surface area contributed by atoms with Crippen molar-refractivity contribution in [3.8, 4) is 0 Å². The minimum absolute atomic E-state index is 0.460. The number of carbonyl (C=O) groups excluding carboxylic acids is 2. The van der Waals surface area contributed by atoms with E-state index in [9.17, 15) is 14.0 Å². The van der Waals surface area contributed by atoms with Crippen LogP contribution in [0.25, 0.3) is 0 Å². The highest BCUT2D eigenvalue weighted by molar-refractivity contribution is 8.13.